The first kappa shape index (κ1) is 13.3. The summed E-state index contributed by atoms with van der Waals surface area (Å²) < 4.78 is 6.89. The van der Waals surface area contributed by atoms with Crippen LogP contribution < -0.4 is 10.5 Å². The molecule has 0 aliphatic rings. The molecule has 1 unspecified atom stereocenters. The van der Waals surface area contributed by atoms with Gasteiger partial charge >= 0.3 is 12.0 Å². The maximum Gasteiger partial charge on any atom is 0.317 e. The number of ether oxygens (including phenoxy) is 1. The van der Waals surface area contributed by atoms with Crippen LogP contribution in [0.25, 0.3) is 11.0 Å². The SMILES string of the molecule is COc1nc(C)c2c(n1)c(C(N)CC(=O)O)cn2C. The van der Waals surface area contributed by atoms with E-state index >= 15 is 0 Å². The van der Waals surface area contributed by atoms with Crippen molar-refractivity contribution in [2.75, 3.05) is 7.11 Å². The highest BCUT2D eigenvalue weighted by Gasteiger charge is 2.20. The molecule has 19 heavy (non-hydrogen) atoms. The second-order valence-corrected chi connectivity index (χ2v) is 4.39. The molecular formula is C12H16N4O3. The molecule has 1 atom stereocenters. The molecule has 0 fully saturated rings. The van der Waals surface area contributed by atoms with Gasteiger partial charge in [-0.05, 0) is 6.92 Å². The summed E-state index contributed by atoms with van der Waals surface area (Å²) in [5.74, 6) is -0.942. The Hall–Kier alpha value is -2.15. The zero-order valence-electron chi connectivity index (χ0n) is 11.0. The number of carboxylic acid groups (broad SMARTS) is 1. The Balaban J connectivity index is 2.62. The summed E-state index contributed by atoms with van der Waals surface area (Å²) in [6, 6.07) is -0.361. The van der Waals surface area contributed by atoms with Crippen LogP contribution in [0.1, 0.15) is 23.7 Å². The minimum atomic E-state index is -0.942. The number of aryl methyl sites for hydroxylation is 2. The quantitative estimate of drug-likeness (QED) is 0.845. The van der Waals surface area contributed by atoms with Crippen LogP contribution >= 0.6 is 0 Å². The normalized spacial score (nSPS) is 12.6. The highest BCUT2D eigenvalue weighted by atomic mass is 16.5. The lowest BCUT2D eigenvalue weighted by Gasteiger charge is -2.07. The number of nitrogens with zero attached hydrogens (tertiary/aromatic N) is 3. The molecule has 0 aliphatic carbocycles. The average Bonchev–Trinajstić information content (AvgIpc) is 2.66. The van der Waals surface area contributed by atoms with E-state index in [1.165, 1.54) is 7.11 Å². The minimum Gasteiger partial charge on any atom is -0.481 e. The molecule has 0 amide bonds. The van der Waals surface area contributed by atoms with Crippen LogP contribution in [0.4, 0.5) is 0 Å². The number of nitrogens with two attached hydrogens (primary N) is 1. The van der Waals surface area contributed by atoms with Crippen LogP contribution in [0.2, 0.25) is 0 Å². The van der Waals surface area contributed by atoms with Crippen molar-refractivity contribution in [3.8, 4) is 6.01 Å². The Kier molecular flexibility index (Phi) is 3.39. The number of aliphatic carboxylic acids is 1. The van der Waals surface area contributed by atoms with Gasteiger partial charge in [0.1, 0.15) is 5.52 Å². The van der Waals surface area contributed by atoms with E-state index in [0.29, 0.717) is 11.1 Å². The predicted octanol–water partition coefficient (Wildman–Crippen LogP) is 0.760. The summed E-state index contributed by atoms with van der Waals surface area (Å²) in [7, 11) is 3.34. The number of carbonyl (C=O) groups is 1. The van der Waals surface area contributed by atoms with Crippen LogP contribution in [0.3, 0.4) is 0 Å². The number of carboxylic acids is 1. The molecule has 2 aromatic rings. The summed E-state index contributed by atoms with van der Waals surface area (Å²) >= 11 is 0. The molecule has 7 nitrogen and oxygen atoms in total. The predicted molar refractivity (Wildman–Crippen MR) is 69.0 cm³/mol. The van der Waals surface area contributed by atoms with E-state index in [9.17, 15) is 4.79 Å². The summed E-state index contributed by atoms with van der Waals surface area (Å²) in [5, 5.41) is 8.84. The molecule has 2 rings (SSSR count). The maximum atomic E-state index is 10.8. The lowest BCUT2D eigenvalue weighted by molar-refractivity contribution is -0.137. The fourth-order valence-corrected chi connectivity index (χ4v) is 2.16. The second-order valence-electron chi connectivity index (χ2n) is 4.39. The number of fused-ring (bicyclic) bond motifs is 1. The lowest BCUT2D eigenvalue weighted by Crippen LogP contribution is -2.15. The van der Waals surface area contributed by atoms with Crippen molar-refractivity contribution in [2.45, 2.75) is 19.4 Å². The molecule has 2 heterocycles. The topological polar surface area (TPSA) is 103 Å². The number of aromatic nitrogens is 3. The molecule has 7 heteroatoms. The van der Waals surface area contributed by atoms with E-state index in [1.54, 1.807) is 6.20 Å². The van der Waals surface area contributed by atoms with E-state index in [2.05, 4.69) is 9.97 Å². The van der Waals surface area contributed by atoms with Crippen LogP contribution in [0.15, 0.2) is 6.20 Å². The maximum absolute atomic E-state index is 10.8. The summed E-state index contributed by atoms with van der Waals surface area (Å²) in [6.07, 6.45) is 1.64. The Bertz CT molecular complexity index is 635. The lowest BCUT2D eigenvalue weighted by atomic mass is 10.1. The second kappa shape index (κ2) is 4.85. The van der Waals surface area contributed by atoms with Crippen molar-refractivity contribution in [1.82, 2.24) is 14.5 Å². The van der Waals surface area contributed by atoms with Crippen LogP contribution in [0.5, 0.6) is 6.01 Å². The largest absolute Gasteiger partial charge is 0.481 e. The van der Waals surface area contributed by atoms with Crippen molar-refractivity contribution >= 4 is 17.0 Å². The Morgan fingerprint density at radius 3 is 2.84 bits per heavy atom. The molecule has 0 bridgehead atoms. The van der Waals surface area contributed by atoms with Gasteiger partial charge in [-0.15, -0.1) is 0 Å². The minimum absolute atomic E-state index is 0.148. The zero-order valence-corrected chi connectivity index (χ0v) is 11.0. The van der Waals surface area contributed by atoms with Gasteiger partial charge in [0.2, 0.25) is 0 Å². The zero-order chi connectivity index (χ0) is 14.2. The smallest absolute Gasteiger partial charge is 0.317 e. The standard InChI is InChI=1S/C12H16N4O3/c1-6-11-10(15-12(14-6)19-3)7(5-16(11)2)8(13)4-9(17)18/h5,8H,4,13H2,1-3H3,(H,17,18). The van der Waals surface area contributed by atoms with Gasteiger partial charge in [-0.2, -0.15) is 9.97 Å². The summed E-state index contributed by atoms with van der Waals surface area (Å²) in [5.41, 5.74) is 8.84. The van der Waals surface area contributed by atoms with E-state index in [-0.39, 0.29) is 12.4 Å². The van der Waals surface area contributed by atoms with Crippen molar-refractivity contribution in [3.63, 3.8) is 0 Å². The first-order valence-electron chi connectivity index (χ1n) is 5.79. The fraction of sp³-hybridized carbons (Fsp3) is 0.417. The van der Waals surface area contributed by atoms with Crippen LogP contribution in [-0.2, 0) is 11.8 Å². The molecule has 102 valence electrons. The third-order valence-corrected chi connectivity index (χ3v) is 2.97. The number of hydrogen-bond donors (Lipinski definition) is 2. The number of methoxy groups -OCH3 is 1. The van der Waals surface area contributed by atoms with Crippen LogP contribution in [0, 0.1) is 6.92 Å². The average molecular weight is 264 g/mol. The van der Waals surface area contributed by atoms with E-state index < -0.39 is 12.0 Å². The first-order valence-corrected chi connectivity index (χ1v) is 5.79. The molecule has 2 aromatic heterocycles. The highest BCUT2D eigenvalue weighted by molar-refractivity contribution is 5.83. The van der Waals surface area contributed by atoms with Crippen molar-refractivity contribution in [3.05, 3.63) is 17.5 Å². The van der Waals surface area contributed by atoms with Gasteiger partial charge in [-0.1, -0.05) is 0 Å². The van der Waals surface area contributed by atoms with Gasteiger partial charge in [0.15, 0.2) is 0 Å². The molecule has 0 saturated heterocycles. The highest BCUT2D eigenvalue weighted by Crippen LogP contribution is 2.27. The summed E-state index contributed by atoms with van der Waals surface area (Å²) in [4.78, 5) is 19.3. The van der Waals surface area contributed by atoms with E-state index in [0.717, 1.165) is 11.2 Å². The van der Waals surface area contributed by atoms with Crippen molar-refractivity contribution in [1.29, 1.82) is 0 Å². The molecule has 3 N–H and O–H groups in total. The van der Waals surface area contributed by atoms with Gasteiger partial charge < -0.3 is 20.1 Å². The molecule has 0 radical (unpaired) electrons. The first-order chi connectivity index (χ1) is 8.93. The van der Waals surface area contributed by atoms with E-state index in [1.807, 2.05) is 18.5 Å². The Labute approximate surface area is 110 Å². The molecule has 0 saturated carbocycles. The van der Waals surface area contributed by atoms with Crippen molar-refractivity contribution < 1.29 is 14.6 Å². The Morgan fingerprint density at radius 2 is 2.26 bits per heavy atom. The molecule has 0 aliphatic heterocycles. The summed E-state index contributed by atoms with van der Waals surface area (Å²) in [6.45, 7) is 1.85. The van der Waals surface area contributed by atoms with Gasteiger partial charge in [0, 0.05) is 24.8 Å². The third-order valence-electron chi connectivity index (χ3n) is 2.97. The van der Waals surface area contributed by atoms with Crippen LogP contribution in [-0.4, -0.2) is 32.7 Å². The number of rotatable bonds is 4. The Morgan fingerprint density at radius 1 is 1.58 bits per heavy atom. The monoisotopic (exact) mass is 264 g/mol. The van der Waals surface area contributed by atoms with Gasteiger partial charge in [-0.25, -0.2) is 0 Å². The van der Waals surface area contributed by atoms with E-state index in [4.69, 9.17) is 15.6 Å². The van der Waals surface area contributed by atoms with Gasteiger partial charge in [0.25, 0.3) is 0 Å². The molecule has 0 aromatic carbocycles. The molecular weight excluding hydrogens is 248 g/mol. The van der Waals surface area contributed by atoms with Crippen molar-refractivity contribution in [2.24, 2.45) is 12.8 Å². The van der Waals surface area contributed by atoms with Gasteiger partial charge in [0.05, 0.1) is 24.7 Å². The number of hydrogen-bond acceptors (Lipinski definition) is 5. The fourth-order valence-electron chi connectivity index (χ4n) is 2.16. The third kappa shape index (κ3) is 2.37. The van der Waals surface area contributed by atoms with Gasteiger partial charge in [-0.3, -0.25) is 4.79 Å². The molecule has 0 spiro atoms.